The van der Waals surface area contributed by atoms with Gasteiger partial charge in [-0.3, -0.25) is 4.79 Å². The summed E-state index contributed by atoms with van der Waals surface area (Å²) in [6.45, 7) is 3.26. The molecule has 1 unspecified atom stereocenters. The predicted molar refractivity (Wildman–Crippen MR) is 90.3 cm³/mol. The summed E-state index contributed by atoms with van der Waals surface area (Å²) in [7, 11) is 0. The van der Waals surface area contributed by atoms with Crippen LogP contribution in [-0.4, -0.2) is 43.1 Å². The van der Waals surface area contributed by atoms with Crippen LogP contribution in [0.15, 0.2) is 24.3 Å². The minimum absolute atomic E-state index is 0.105. The molecule has 2 aliphatic heterocycles. The van der Waals surface area contributed by atoms with Gasteiger partial charge in [0.2, 0.25) is 5.91 Å². The second-order valence-corrected chi connectivity index (χ2v) is 6.87. The molecule has 1 aromatic rings. The average molecular weight is 305 g/mol. The lowest BCUT2D eigenvalue weighted by Crippen LogP contribution is -2.39. The van der Waals surface area contributed by atoms with Crippen molar-refractivity contribution in [1.29, 1.82) is 0 Å². The lowest BCUT2D eigenvalue weighted by Gasteiger charge is -2.22. The third-order valence-electron chi connectivity index (χ3n) is 4.03. The molecule has 114 valence electrons. The first-order valence-corrected chi connectivity index (χ1v) is 8.93. The van der Waals surface area contributed by atoms with Crippen molar-refractivity contribution in [2.45, 2.75) is 25.3 Å². The lowest BCUT2D eigenvalue weighted by atomic mass is 10.2. The molecule has 1 atom stereocenters. The maximum absolute atomic E-state index is 12.1. The van der Waals surface area contributed by atoms with Crippen LogP contribution in [0.25, 0.3) is 0 Å². The number of anilines is 2. The van der Waals surface area contributed by atoms with Crippen LogP contribution in [-0.2, 0) is 4.79 Å². The molecule has 2 aliphatic rings. The summed E-state index contributed by atoms with van der Waals surface area (Å²) in [5.41, 5.74) is 2.13. The fourth-order valence-corrected chi connectivity index (χ4v) is 3.89. The number of nitrogens with zero attached hydrogens (tertiary/aromatic N) is 1. The van der Waals surface area contributed by atoms with Crippen LogP contribution >= 0.6 is 11.8 Å². The Morgan fingerprint density at radius 2 is 2.24 bits per heavy atom. The Hall–Kier alpha value is -1.20. The summed E-state index contributed by atoms with van der Waals surface area (Å²) in [6.07, 6.45) is 3.09. The van der Waals surface area contributed by atoms with Crippen LogP contribution in [0.3, 0.4) is 0 Å². The number of hydrogen-bond donors (Lipinski definition) is 2. The Bertz CT molecular complexity index is 482. The van der Waals surface area contributed by atoms with Gasteiger partial charge in [0, 0.05) is 55.0 Å². The van der Waals surface area contributed by atoms with Gasteiger partial charge in [0.05, 0.1) is 0 Å². The molecule has 1 amide bonds. The van der Waals surface area contributed by atoms with E-state index < -0.39 is 0 Å². The molecule has 4 nitrogen and oxygen atoms in total. The van der Waals surface area contributed by atoms with Crippen LogP contribution < -0.4 is 15.5 Å². The number of benzene rings is 1. The second-order valence-electron chi connectivity index (χ2n) is 5.72. The number of carbonyl (C=O) groups is 1. The molecule has 1 aromatic carbocycles. The van der Waals surface area contributed by atoms with E-state index in [4.69, 9.17) is 0 Å². The molecule has 2 heterocycles. The number of amides is 1. The smallest absolute Gasteiger partial charge is 0.225 e. The van der Waals surface area contributed by atoms with Gasteiger partial charge in [-0.25, -0.2) is 0 Å². The molecule has 5 heteroatoms. The van der Waals surface area contributed by atoms with Crippen molar-refractivity contribution in [2.75, 3.05) is 41.4 Å². The van der Waals surface area contributed by atoms with Crippen molar-refractivity contribution in [3.63, 3.8) is 0 Å². The summed E-state index contributed by atoms with van der Waals surface area (Å²) >= 11 is 1.92. The van der Waals surface area contributed by atoms with Gasteiger partial charge in [-0.15, -0.1) is 0 Å². The number of carbonyl (C=O) groups excluding carboxylic acids is 1. The van der Waals surface area contributed by atoms with Gasteiger partial charge in [-0.1, -0.05) is 6.07 Å². The van der Waals surface area contributed by atoms with Crippen molar-refractivity contribution in [2.24, 2.45) is 0 Å². The standard InChI is InChI=1S/C16H23N3OS/c20-16(11-14-12-21-9-6-17-14)18-13-4-3-5-15(10-13)19-7-1-2-8-19/h3-5,10,14,17H,1-2,6-9,11-12H2,(H,18,20). The normalized spacial score (nSPS) is 22.3. The van der Waals surface area contributed by atoms with E-state index in [1.54, 1.807) is 0 Å². The summed E-state index contributed by atoms with van der Waals surface area (Å²) in [4.78, 5) is 14.5. The summed E-state index contributed by atoms with van der Waals surface area (Å²) in [6, 6.07) is 8.52. The first-order chi connectivity index (χ1) is 10.3. The van der Waals surface area contributed by atoms with E-state index in [0.717, 1.165) is 36.8 Å². The zero-order valence-electron chi connectivity index (χ0n) is 12.3. The molecule has 0 spiro atoms. The zero-order chi connectivity index (χ0) is 14.5. The van der Waals surface area contributed by atoms with Gasteiger partial charge in [0.15, 0.2) is 0 Å². The Morgan fingerprint density at radius 1 is 1.38 bits per heavy atom. The van der Waals surface area contributed by atoms with Crippen molar-refractivity contribution in [3.8, 4) is 0 Å². The number of rotatable bonds is 4. The molecular formula is C16H23N3OS. The molecule has 2 N–H and O–H groups in total. The first-order valence-electron chi connectivity index (χ1n) is 7.77. The molecule has 0 radical (unpaired) electrons. The third-order valence-corrected chi connectivity index (χ3v) is 5.16. The molecule has 2 fully saturated rings. The second kappa shape index (κ2) is 7.18. The fraction of sp³-hybridized carbons (Fsp3) is 0.562. The largest absolute Gasteiger partial charge is 0.371 e. The van der Waals surface area contributed by atoms with E-state index in [-0.39, 0.29) is 5.91 Å². The van der Waals surface area contributed by atoms with Gasteiger partial charge in [-0.2, -0.15) is 11.8 Å². The van der Waals surface area contributed by atoms with Gasteiger partial charge >= 0.3 is 0 Å². The van der Waals surface area contributed by atoms with Crippen LogP contribution in [0, 0.1) is 0 Å². The van der Waals surface area contributed by atoms with E-state index in [9.17, 15) is 4.79 Å². The van der Waals surface area contributed by atoms with Gasteiger partial charge in [0.25, 0.3) is 0 Å². The highest BCUT2D eigenvalue weighted by Gasteiger charge is 2.17. The summed E-state index contributed by atoms with van der Waals surface area (Å²) < 4.78 is 0. The Balaban J connectivity index is 1.56. The van der Waals surface area contributed by atoms with Crippen LogP contribution in [0.2, 0.25) is 0 Å². The van der Waals surface area contributed by atoms with E-state index in [0.29, 0.717) is 12.5 Å². The highest BCUT2D eigenvalue weighted by molar-refractivity contribution is 7.99. The molecule has 2 saturated heterocycles. The predicted octanol–water partition coefficient (Wildman–Crippen LogP) is 2.32. The SMILES string of the molecule is O=C(CC1CSCCN1)Nc1cccc(N2CCCC2)c1. The Morgan fingerprint density at radius 3 is 3.00 bits per heavy atom. The topological polar surface area (TPSA) is 44.4 Å². The monoisotopic (exact) mass is 305 g/mol. The quantitative estimate of drug-likeness (QED) is 0.896. The van der Waals surface area contributed by atoms with Crippen molar-refractivity contribution < 1.29 is 4.79 Å². The highest BCUT2D eigenvalue weighted by Crippen LogP contribution is 2.23. The van der Waals surface area contributed by atoms with Crippen molar-refractivity contribution in [1.82, 2.24) is 5.32 Å². The Kier molecular flexibility index (Phi) is 5.04. The molecule has 0 aliphatic carbocycles. The maximum Gasteiger partial charge on any atom is 0.225 e. The first kappa shape index (κ1) is 14.7. The number of hydrogen-bond acceptors (Lipinski definition) is 4. The minimum Gasteiger partial charge on any atom is -0.371 e. The van der Waals surface area contributed by atoms with Gasteiger partial charge in [0.1, 0.15) is 0 Å². The molecule has 0 saturated carbocycles. The van der Waals surface area contributed by atoms with Crippen LogP contribution in [0.4, 0.5) is 11.4 Å². The zero-order valence-corrected chi connectivity index (χ0v) is 13.1. The van der Waals surface area contributed by atoms with Crippen LogP contribution in [0.5, 0.6) is 0 Å². The molecule has 0 bridgehead atoms. The minimum atomic E-state index is 0.105. The van der Waals surface area contributed by atoms with E-state index in [1.165, 1.54) is 18.5 Å². The van der Waals surface area contributed by atoms with Gasteiger partial charge in [-0.05, 0) is 31.0 Å². The van der Waals surface area contributed by atoms with Crippen molar-refractivity contribution >= 4 is 29.0 Å². The van der Waals surface area contributed by atoms with Crippen molar-refractivity contribution in [3.05, 3.63) is 24.3 Å². The van der Waals surface area contributed by atoms with Gasteiger partial charge < -0.3 is 15.5 Å². The average Bonchev–Trinajstić information content (AvgIpc) is 3.02. The third kappa shape index (κ3) is 4.14. The Labute approximate surface area is 130 Å². The molecule has 21 heavy (non-hydrogen) atoms. The maximum atomic E-state index is 12.1. The number of thioether (sulfide) groups is 1. The lowest BCUT2D eigenvalue weighted by molar-refractivity contribution is -0.116. The number of nitrogens with one attached hydrogen (secondary N) is 2. The molecule has 0 aromatic heterocycles. The van der Waals surface area contributed by atoms with E-state index >= 15 is 0 Å². The summed E-state index contributed by atoms with van der Waals surface area (Å²) in [5, 5.41) is 6.44. The fourth-order valence-electron chi connectivity index (χ4n) is 2.94. The highest BCUT2D eigenvalue weighted by atomic mass is 32.2. The van der Waals surface area contributed by atoms with E-state index in [1.807, 2.05) is 23.9 Å². The van der Waals surface area contributed by atoms with E-state index in [2.05, 4.69) is 27.7 Å². The molecular weight excluding hydrogens is 282 g/mol. The van der Waals surface area contributed by atoms with Crippen LogP contribution in [0.1, 0.15) is 19.3 Å². The summed E-state index contributed by atoms with van der Waals surface area (Å²) in [5.74, 6) is 2.28. The molecule has 3 rings (SSSR count).